The average molecular weight is 488 g/mol. The van der Waals surface area contributed by atoms with Crippen molar-refractivity contribution in [1.29, 1.82) is 0 Å². The van der Waals surface area contributed by atoms with Gasteiger partial charge in [0.25, 0.3) is 0 Å². The predicted molar refractivity (Wildman–Crippen MR) is 121 cm³/mol. The number of benzene rings is 3. The molecule has 0 bridgehead atoms. The van der Waals surface area contributed by atoms with E-state index in [4.69, 9.17) is 0 Å². The first-order chi connectivity index (χ1) is 13.0. The highest BCUT2D eigenvalue weighted by Crippen LogP contribution is 2.33. The Bertz CT molecular complexity index is 1040. The molecule has 1 aromatic heterocycles. The number of aryl methyl sites for hydroxylation is 1. The Morgan fingerprint density at radius 2 is 1.44 bits per heavy atom. The van der Waals surface area contributed by atoms with Crippen LogP contribution in [0, 0.1) is 6.92 Å². The number of aromatic nitrogens is 1. The minimum atomic E-state index is -0.502. The molecular formula is C22H20Br2N2O. The fourth-order valence-corrected chi connectivity index (χ4v) is 4.15. The fraction of sp³-hybridized carbons (Fsp3) is 0.182. The van der Waals surface area contributed by atoms with Crippen molar-refractivity contribution in [2.75, 3.05) is 11.9 Å². The van der Waals surface area contributed by atoms with Crippen molar-refractivity contribution in [2.45, 2.75) is 19.6 Å². The lowest BCUT2D eigenvalue weighted by atomic mass is 10.2. The van der Waals surface area contributed by atoms with Crippen molar-refractivity contribution in [3.63, 3.8) is 0 Å². The number of anilines is 1. The first-order valence-electron chi connectivity index (χ1n) is 8.87. The van der Waals surface area contributed by atoms with Gasteiger partial charge in [-0.2, -0.15) is 0 Å². The zero-order valence-electron chi connectivity index (χ0n) is 14.9. The lowest BCUT2D eigenvalue weighted by molar-refractivity contribution is 0.169. The molecule has 4 aromatic rings. The van der Waals surface area contributed by atoms with E-state index in [1.807, 2.05) is 24.3 Å². The molecule has 0 spiro atoms. The maximum absolute atomic E-state index is 10.7. The minimum absolute atomic E-state index is 0.497. The largest absolute Gasteiger partial charge is 0.389 e. The van der Waals surface area contributed by atoms with E-state index >= 15 is 0 Å². The number of rotatable bonds is 5. The highest BCUT2D eigenvalue weighted by atomic mass is 79.9. The number of hydrogen-bond acceptors (Lipinski definition) is 2. The molecule has 1 atom stereocenters. The van der Waals surface area contributed by atoms with Crippen molar-refractivity contribution < 1.29 is 5.11 Å². The van der Waals surface area contributed by atoms with Gasteiger partial charge in [0.2, 0.25) is 0 Å². The van der Waals surface area contributed by atoms with E-state index in [1.165, 1.54) is 16.3 Å². The first kappa shape index (κ1) is 18.5. The van der Waals surface area contributed by atoms with Gasteiger partial charge in [-0.1, -0.05) is 49.6 Å². The topological polar surface area (TPSA) is 37.2 Å². The number of halogens is 2. The van der Waals surface area contributed by atoms with E-state index < -0.39 is 6.10 Å². The summed E-state index contributed by atoms with van der Waals surface area (Å²) in [7, 11) is 0. The second kappa shape index (κ2) is 7.66. The number of hydrogen-bond donors (Lipinski definition) is 2. The summed E-state index contributed by atoms with van der Waals surface area (Å²) in [6.07, 6.45) is -0.502. The quantitative estimate of drug-likeness (QED) is 0.356. The van der Waals surface area contributed by atoms with Crippen LogP contribution in [0.5, 0.6) is 0 Å². The number of aliphatic hydroxyl groups is 1. The molecular weight excluding hydrogens is 468 g/mol. The van der Waals surface area contributed by atoms with Gasteiger partial charge < -0.3 is 15.0 Å². The Balaban J connectivity index is 1.63. The van der Waals surface area contributed by atoms with E-state index in [0.717, 1.165) is 25.7 Å². The Morgan fingerprint density at radius 3 is 2.00 bits per heavy atom. The molecule has 1 unspecified atom stereocenters. The van der Waals surface area contributed by atoms with Crippen LogP contribution in [0.1, 0.15) is 5.56 Å². The maximum atomic E-state index is 10.7. The normalized spacial score (nSPS) is 12.6. The SMILES string of the molecule is Cc1ccc(NCC(O)Cn2c3ccc(Br)cc3c3cc(Br)ccc32)cc1. The third-order valence-electron chi connectivity index (χ3n) is 4.78. The molecule has 3 nitrogen and oxygen atoms in total. The van der Waals surface area contributed by atoms with Crippen LogP contribution in [-0.4, -0.2) is 22.3 Å². The summed E-state index contributed by atoms with van der Waals surface area (Å²) in [6.45, 7) is 3.09. The fourth-order valence-electron chi connectivity index (χ4n) is 3.43. The van der Waals surface area contributed by atoms with Crippen LogP contribution < -0.4 is 5.32 Å². The lowest BCUT2D eigenvalue weighted by Gasteiger charge is -2.16. The van der Waals surface area contributed by atoms with Crippen LogP contribution >= 0.6 is 31.9 Å². The highest BCUT2D eigenvalue weighted by Gasteiger charge is 2.14. The van der Waals surface area contributed by atoms with Crippen LogP contribution in [0.25, 0.3) is 21.8 Å². The maximum Gasteiger partial charge on any atom is 0.0891 e. The molecule has 0 aliphatic heterocycles. The average Bonchev–Trinajstić information content (AvgIpc) is 2.94. The summed E-state index contributed by atoms with van der Waals surface area (Å²) >= 11 is 7.14. The van der Waals surface area contributed by atoms with Crippen LogP contribution in [0.2, 0.25) is 0 Å². The molecule has 0 saturated heterocycles. The van der Waals surface area contributed by atoms with Crippen molar-refractivity contribution >= 4 is 59.4 Å². The summed E-state index contributed by atoms with van der Waals surface area (Å²) in [5, 5.41) is 16.3. The predicted octanol–water partition coefficient (Wildman–Crippen LogP) is 6.10. The van der Waals surface area contributed by atoms with Gasteiger partial charge in [0.05, 0.1) is 12.6 Å². The number of fused-ring (bicyclic) bond motifs is 3. The molecule has 3 aromatic carbocycles. The minimum Gasteiger partial charge on any atom is -0.389 e. The van der Waals surface area contributed by atoms with E-state index in [1.54, 1.807) is 0 Å². The monoisotopic (exact) mass is 486 g/mol. The van der Waals surface area contributed by atoms with Crippen LogP contribution in [0.15, 0.2) is 69.6 Å². The van der Waals surface area contributed by atoms with Gasteiger partial charge >= 0.3 is 0 Å². The Hall–Kier alpha value is -1.82. The van der Waals surface area contributed by atoms with Crippen molar-refractivity contribution in [2.24, 2.45) is 0 Å². The van der Waals surface area contributed by atoms with Crippen molar-refractivity contribution in [3.05, 3.63) is 75.2 Å². The molecule has 1 heterocycles. The summed E-state index contributed by atoms with van der Waals surface area (Å²) in [6, 6.07) is 20.8. The standard InChI is InChI=1S/C22H20Br2N2O/c1-14-2-6-17(7-3-14)25-12-18(27)13-26-21-8-4-15(23)10-19(21)20-11-16(24)5-9-22(20)26/h2-11,18,25,27H,12-13H2,1H3. The van der Waals surface area contributed by atoms with Crippen LogP contribution in [-0.2, 0) is 6.54 Å². The summed E-state index contributed by atoms with van der Waals surface area (Å²) in [4.78, 5) is 0. The number of nitrogens with one attached hydrogen (secondary N) is 1. The number of aliphatic hydroxyl groups excluding tert-OH is 1. The molecule has 0 aliphatic carbocycles. The van der Waals surface area contributed by atoms with Crippen LogP contribution in [0.3, 0.4) is 0 Å². The van der Waals surface area contributed by atoms with E-state index in [2.05, 4.69) is 85.1 Å². The van der Waals surface area contributed by atoms with Gasteiger partial charge in [-0.25, -0.2) is 0 Å². The zero-order chi connectivity index (χ0) is 19.0. The zero-order valence-corrected chi connectivity index (χ0v) is 18.1. The summed E-state index contributed by atoms with van der Waals surface area (Å²) in [5.74, 6) is 0. The molecule has 0 radical (unpaired) electrons. The smallest absolute Gasteiger partial charge is 0.0891 e. The van der Waals surface area contributed by atoms with Gasteiger partial charge in [-0.05, 0) is 55.5 Å². The second-order valence-electron chi connectivity index (χ2n) is 6.83. The molecule has 0 aliphatic rings. The Morgan fingerprint density at radius 1 is 0.889 bits per heavy atom. The molecule has 2 N–H and O–H groups in total. The molecule has 27 heavy (non-hydrogen) atoms. The Kier molecular flexibility index (Phi) is 5.26. The molecule has 138 valence electrons. The van der Waals surface area contributed by atoms with Gasteiger partial charge in [0, 0.05) is 43.0 Å². The lowest BCUT2D eigenvalue weighted by Crippen LogP contribution is -2.24. The third kappa shape index (κ3) is 3.91. The summed E-state index contributed by atoms with van der Waals surface area (Å²) in [5.41, 5.74) is 4.50. The van der Waals surface area contributed by atoms with Gasteiger partial charge in [-0.15, -0.1) is 0 Å². The van der Waals surface area contributed by atoms with E-state index in [9.17, 15) is 5.11 Å². The van der Waals surface area contributed by atoms with Crippen LogP contribution in [0.4, 0.5) is 5.69 Å². The second-order valence-corrected chi connectivity index (χ2v) is 8.67. The first-order valence-corrected chi connectivity index (χ1v) is 10.5. The van der Waals surface area contributed by atoms with E-state index in [0.29, 0.717) is 13.1 Å². The van der Waals surface area contributed by atoms with Crippen molar-refractivity contribution in [3.8, 4) is 0 Å². The van der Waals surface area contributed by atoms with Gasteiger partial charge in [0.15, 0.2) is 0 Å². The molecule has 0 fully saturated rings. The highest BCUT2D eigenvalue weighted by molar-refractivity contribution is 9.10. The molecule has 5 heteroatoms. The molecule has 4 rings (SSSR count). The van der Waals surface area contributed by atoms with E-state index in [-0.39, 0.29) is 0 Å². The third-order valence-corrected chi connectivity index (χ3v) is 5.76. The molecule has 0 saturated carbocycles. The summed E-state index contributed by atoms with van der Waals surface area (Å²) < 4.78 is 4.30. The Labute approximate surface area is 175 Å². The van der Waals surface area contributed by atoms with Gasteiger partial charge in [0.1, 0.15) is 0 Å². The van der Waals surface area contributed by atoms with Gasteiger partial charge in [-0.3, -0.25) is 0 Å². The van der Waals surface area contributed by atoms with Crippen molar-refractivity contribution in [1.82, 2.24) is 4.57 Å². The molecule has 0 amide bonds. The number of nitrogens with zero attached hydrogens (tertiary/aromatic N) is 1.